The quantitative estimate of drug-likeness (QED) is 0.788. The van der Waals surface area contributed by atoms with Gasteiger partial charge in [-0.15, -0.1) is 0 Å². The molecule has 0 aromatic heterocycles. The van der Waals surface area contributed by atoms with Gasteiger partial charge in [-0.2, -0.15) is 0 Å². The van der Waals surface area contributed by atoms with E-state index >= 15 is 0 Å². The molecule has 2 N–H and O–H groups in total. The zero-order chi connectivity index (χ0) is 19.4. The smallest absolute Gasteiger partial charge is 0.327 e. The van der Waals surface area contributed by atoms with Gasteiger partial charge >= 0.3 is 5.97 Å². The Balaban J connectivity index is 1.99. The third-order valence-corrected chi connectivity index (χ3v) is 3.97. The van der Waals surface area contributed by atoms with E-state index in [1.54, 1.807) is 18.2 Å². The van der Waals surface area contributed by atoms with Crippen LogP contribution in [-0.2, 0) is 19.1 Å². The Morgan fingerprint density at radius 2 is 1.96 bits per heavy atom. The van der Waals surface area contributed by atoms with E-state index in [0.717, 1.165) is 5.56 Å². The summed E-state index contributed by atoms with van der Waals surface area (Å²) in [7, 11) is 0. The topological polar surface area (TPSA) is 96.9 Å². The molecule has 0 bridgehead atoms. The van der Waals surface area contributed by atoms with Gasteiger partial charge in [0, 0.05) is 23.1 Å². The number of hydrogen-bond donors (Lipinski definition) is 2. The lowest BCUT2D eigenvalue weighted by atomic mass is 10.0. The van der Waals surface area contributed by atoms with E-state index in [-0.39, 0.29) is 12.5 Å². The van der Waals surface area contributed by atoms with Crippen molar-refractivity contribution in [2.45, 2.75) is 13.2 Å². The number of benzene rings is 2. The Kier molecular flexibility index (Phi) is 5.52. The molecule has 7 nitrogen and oxygen atoms in total. The molecule has 0 fully saturated rings. The number of hydrogen-bond acceptors (Lipinski definition) is 5. The molecular formula is C19H16ClN3O4. The second kappa shape index (κ2) is 8.01. The number of rotatable bonds is 4. The van der Waals surface area contributed by atoms with Crippen LogP contribution in [0.3, 0.4) is 0 Å². The fraction of sp³-hybridized carbons (Fsp3) is 0.158. The first-order valence-corrected chi connectivity index (χ1v) is 8.50. The van der Waals surface area contributed by atoms with Gasteiger partial charge in [0.15, 0.2) is 0 Å². The summed E-state index contributed by atoms with van der Waals surface area (Å²) in [6.45, 7) is 0.922. The van der Waals surface area contributed by atoms with Crippen LogP contribution in [0.2, 0.25) is 5.02 Å². The van der Waals surface area contributed by atoms with Crippen molar-refractivity contribution in [3.63, 3.8) is 0 Å². The number of esters is 1. The predicted octanol–water partition coefficient (Wildman–Crippen LogP) is 2.13. The maximum absolute atomic E-state index is 12.5. The Labute approximate surface area is 160 Å². The van der Waals surface area contributed by atoms with Crippen LogP contribution in [0.4, 0.5) is 5.69 Å². The molecule has 1 heterocycles. The van der Waals surface area contributed by atoms with Crippen molar-refractivity contribution in [2.24, 2.45) is 4.99 Å². The van der Waals surface area contributed by atoms with Gasteiger partial charge in [-0.25, -0.2) is 4.99 Å². The normalized spacial score (nSPS) is 15.7. The molecule has 0 radical (unpaired) electrons. The second-order valence-electron chi connectivity index (χ2n) is 5.77. The third kappa shape index (κ3) is 4.51. The van der Waals surface area contributed by atoms with Crippen molar-refractivity contribution in [2.75, 3.05) is 11.9 Å². The summed E-state index contributed by atoms with van der Waals surface area (Å²) in [5, 5.41) is 5.49. The average Bonchev–Trinajstić information content (AvgIpc) is 2.78. The van der Waals surface area contributed by atoms with E-state index in [4.69, 9.17) is 16.3 Å². The molecule has 0 aliphatic carbocycles. The summed E-state index contributed by atoms with van der Waals surface area (Å²) in [6, 6.07) is 14.2. The van der Waals surface area contributed by atoms with E-state index in [2.05, 4.69) is 15.6 Å². The molecule has 0 saturated carbocycles. The van der Waals surface area contributed by atoms with Crippen molar-refractivity contribution in [1.29, 1.82) is 0 Å². The van der Waals surface area contributed by atoms with E-state index in [0.29, 0.717) is 22.0 Å². The molecule has 2 aromatic rings. The third-order valence-electron chi connectivity index (χ3n) is 3.74. The minimum absolute atomic E-state index is 0.353. The summed E-state index contributed by atoms with van der Waals surface area (Å²) in [5.41, 5.74) is 2.32. The van der Waals surface area contributed by atoms with E-state index < -0.39 is 18.1 Å². The molecule has 1 aliphatic heterocycles. The molecule has 2 amide bonds. The van der Waals surface area contributed by atoms with Gasteiger partial charge < -0.3 is 15.4 Å². The summed E-state index contributed by atoms with van der Waals surface area (Å²) >= 11 is 6.12. The van der Waals surface area contributed by atoms with Crippen LogP contribution in [0, 0.1) is 0 Å². The fourth-order valence-electron chi connectivity index (χ4n) is 2.53. The highest BCUT2D eigenvalue weighted by atomic mass is 35.5. The number of nitrogens with zero attached hydrogens (tertiary/aromatic N) is 1. The molecule has 8 heteroatoms. The predicted molar refractivity (Wildman–Crippen MR) is 101 cm³/mol. The molecule has 1 atom stereocenters. The molecule has 0 spiro atoms. The molecule has 2 aromatic carbocycles. The van der Waals surface area contributed by atoms with Crippen LogP contribution in [0.1, 0.15) is 18.1 Å². The number of ether oxygens (including phenoxy) is 1. The van der Waals surface area contributed by atoms with Gasteiger partial charge in [-0.3, -0.25) is 14.4 Å². The van der Waals surface area contributed by atoms with E-state index in [1.807, 2.05) is 30.3 Å². The van der Waals surface area contributed by atoms with E-state index in [1.165, 1.54) is 6.92 Å². The number of anilines is 1. The van der Waals surface area contributed by atoms with Crippen molar-refractivity contribution in [3.05, 3.63) is 64.7 Å². The van der Waals surface area contributed by atoms with Gasteiger partial charge in [0.2, 0.25) is 5.91 Å². The summed E-state index contributed by atoms with van der Waals surface area (Å²) in [4.78, 5) is 39.7. The van der Waals surface area contributed by atoms with Crippen LogP contribution >= 0.6 is 11.6 Å². The number of benzodiazepines with no additional fused rings is 1. The largest absolute Gasteiger partial charge is 0.429 e. The highest BCUT2D eigenvalue weighted by molar-refractivity contribution is 6.32. The van der Waals surface area contributed by atoms with E-state index in [9.17, 15) is 14.4 Å². The number of nitrogens with one attached hydrogen (secondary N) is 2. The Morgan fingerprint density at radius 1 is 1.22 bits per heavy atom. The second-order valence-corrected chi connectivity index (χ2v) is 6.21. The van der Waals surface area contributed by atoms with Gasteiger partial charge in [-0.05, 0) is 18.2 Å². The molecule has 0 saturated heterocycles. The minimum Gasteiger partial charge on any atom is -0.429 e. The summed E-state index contributed by atoms with van der Waals surface area (Å²) in [5.74, 6) is -1.75. The number of aliphatic imine (C=N–C) groups is 1. The lowest BCUT2D eigenvalue weighted by Gasteiger charge is -2.12. The first kappa shape index (κ1) is 18.6. The fourth-order valence-corrected chi connectivity index (χ4v) is 2.70. The average molecular weight is 386 g/mol. The highest BCUT2D eigenvalue weighted by Crippen LogP contribution is 2.27. The SMILES string of the molecule is CC(=O)NCC(=O)OC1N=C(c2ccccc2)c2cc(Cl)ccc2NC1=O. The summed E-state index contributed by atoms with van der Waals surface area (Å²) < 4.78 is 5.16. The lowest BCUT2D eigenvalue weighted by molar-refractivity contribution is -0.153. The molecule has 1 unspecified atom stereocenters. The van der Waals surface area contributed by atoms with Crippen LogP contribution in [0.15, 0.2) is 53.5 Å². The lowest BCUT2D eigenvalue weighted by Crippen LogP contribution is -2.35. The Morgan fingerprint density at radius 3 is 2.67 bits per heavy atom. The van der Waals surface area contributed by atoms with Gasteiger partial charge in [0.1, 0.15) is 6.54 Å². The maximum atomic E-state index is 12.5. The van der Waals surface area contributed by atoms with Crippen LogP contribution in [0.25, 0.3) is 0 Å². The summed E-state index contributed by atoms with van der Waals surface area (Å²) in [6.07, 6.45) is -1.40. The van der Waals surface area contributed by atoms with Crippen molar-refractivity contribution < 1.29 is 19.1 Å². The van der Waals surface area contributed by atoms with Crippen LogP contribution < -0.4 is 10.6 Å². The molecule has 27 heavy (non-hydrogen) atoms. The first-order chi connectivity index (χ1) is 12.9. The first-order valence-electron chi connectivity index (χ1n) is 8.12. The Hall–Kier alpha value is -3.19. The molecular weight excluding hydrogens is 370 g/mol. The van der Waals surface area contributed by atoms with Gasteiger partial charge in [-0.1, -0.05) is 41.9 Å². The number of halogens is 1. The molecule has 1 aliphatic rings. The zero-order valence-electron chi connectivity index (χ0n) is 14.4. The maximum Gasteiger partial charge on any atom is 0.327 e. The zero-order valence-corrected chi connectivity index (χ0v) is 15.1. The number of amides is 2. The number of fused-ring (bicyclic) bond motifs is 1. The molecule has 3 rings (SSSR count). The monoisotopic (exact) mass is 385 g/mol. The Bertz CT molecular complexity index is 928. The van der Waals surface area contributed by atoms with Crippen LogP contribution in [-0.4, -0.2) is 36.3 Å². The van der Waals surface area contributed by atoms with Gasteiger partial charge in [0.25, 0.3) is 12.1 Å². The number of carbonyl (C=O) groups is 3. The van der Waals surface area contributed by atoms with Crippen molar-refractivity contribution in [3.8, 4) is 0 Å². The van der Waals surface area contributed by atoms with Crippen molar-refractivity contribution in [1.82, 2.24) is 5.32 Å². The molecule has 138 valence electrons. The number of carbonyl (C=O) groups excluding carboxylic acids is 3. The van der Waals surface area contributed by atoms with Crippen LogP contribution in [0.5, 0.6) is 0 Å². The van der Waals surface area contributed by atoms with Gasteiger partial charge in [0.05, 0.1) is 11.4 Å². The standard InChI is InChI=1S/C19H16ClN3O4/c1-11(24)21-10-16(25)27-19-18(26)22-15-8-7-13(20)9-14(15)17(23-19)12-5-3-2-4-6-12/h2-9,19H,10H2,1H3,(H,21,24)(H,22,26). The minimum atomic E-state index is -1.40. The van der Waals surface area contributed by atoms with Crippen molar-refractivity contribution >= 4 is 40.8 Å². The highest BCUT2D eigenvalue weighted by Gasteiger charge is 2.28.